The Hall–Kier alpha value is -3.49. The van der Waals surface area contributed by atoms with Crippen LogP contribution in [0.3, 0.4) is 0 Å². The van der Waals surface area contributed by atoms with Crippen molar-refractivity contribution in [1.82, 2.24) is 5.32 Å². The number of aryl methyl sites for hydroxylation is 1. The van der Waals surface area contributed by atoms with Crippen molar-refractivity contribution in [3.8, 4) is 5.75 Å². The number of ether oxygens (including phenoxy) is 1. The number of anilines is 1. The molecule has 0 radical (unpaired) electrons. The minimum atomic E-state index is -0.860. The lowest BCUT2D eigenvalue weighted by Crippen LogP contribution is -2.54. The number of carbonyl (C=O) groups is 3. The molecule has 35 heavy (non-hydrogen) atoms. The third-order valence-corrected chi connectivity index (χ3v) is 6.61. The maximum absolute atomic E-state index is 13.6. The molecule has 0 spiro atoms. The predicted molar refractivity (Wildman–Crippen MR) is 135 cm³/mol. The summed E-state index contributed by atoms with van der Waals surface area (Å²) in [6.45, 7) is 1.79. The standard InChI is InChI=1S/C26H19BrClFN2O4/c1-14-6-7-18(13-22(14)28)31-25(33)20(24(32)30-26(31)34)10-16-11-21(27)19(23(12-16)35-2)9-15-4-3-5-17(29)8-15/h3-8,10-13H,9H2,1-2H3,(H,30,32,34)/b20-10+. The molecular formula is C26H19BrClFN2O4. The van der Waals surface area contributed by atoms with Gasteiger partial charge in [0.1, 0.15) is 17.1 Å². The van der Waals surface area contributed by atoms with Gasteiger partial charge < -0.3 is 4.74 Å². The number of halogens is 3. The van der Waals surface area contributed by atoms with Crippen LogP contribution in [0.1, 0.15) is 22.3 Å². The van der Waals surface area contributed by atoms with Crippen LogP contribution in [-0.4, -0.2) is 25.0 Å². The van der Waals surface area contributed by atoms with Gasteiger partial charge in [0, 0.05) is 21.5 Å². The number of nitrogens with zero attached hydrogens (tertiary/aromatic N) is 1. The highest BCUT2D eigenvalue weighted by atomic mass is 79.9. The minimum absolute atomic E-state index is 0.229. The normalized spacial score (nSPS) is 14.9. The first kappa shape index (κ1) is 24.6. The zero-order valence-corrected chi connectivity index (χ0v) is 21.0. The van der Waals surface area contributed by atoms with Crippen LogP contribution in [0.4, 0.5) is 14.9 Å². The molecule has 3 aromatic carbocycles. The van der Waals surface area contributed by atoms with E-state index in [1.165, 1.54) is 31.4 Å². The van der Waals surface area contributed by atoms with Crippen molar-refractivity contribution in [2.45, 2.75) is 13.3 Å². The van der Waals surface area contributed by atoms with Crippen molar-refractivity contribution in [1.29, 1.82) is 0 Å². The van der Waals surface area contributed by atoms with Gasteiger partial charge in [-0.1, -0.05) is 45.7 Å². The highest BCUT2D eigenvalue weighted by Gasteiger charge is 2.37. The molecule has 4 rings (SSSR count). The van der Waals surface area contributed by atoms with Crippen molar-refractivity contribution < 1.29 is 23.5 Å². The Balaban J connectivity index is 1.71. The molecule has 1 N–H and O–H groups in total. The lowest BCUT2D eigenvalue weighted by Gasteiger charge is -2.26. The van der Waals surface area contributed by atoms with E-state index < -0.39 is 17.8 Å². The lowest BCUT2D eigenvalue weighted by molar-refractivity contribution is -0.122. The minimum Gasteiger partial charge on any atom is -0.496 e. The molecule has 9 heteroatoms. The zero-order valence-electron chi connectivity index (χ0n) is 18.7. The molecule has 1 aliphatic rings. The van der Waals surface area contributed by atoms with E-state index in [0.717, 1.165) is 21.6 Å². The number of carbonyl (C=O) groups excluding carboxylic acids is 3. The highest BCUT2D eigenvalue weighted by molar-refractivity contribution is 9.10. The second-order valence-corrected chi connectivity index (χ2v) is 9.14. The molecule has 0 unspecified atom stereocenters. The zero-order chi connectivity index (χ0) is 25.3. The molecule has 0 bridgehead atoms. The van der Waals surface area contributed by atoms with Gasteiger partial charge in [-0.3, -0.25) is 14.9 Å². The van der Waals surface area contributed by atoms with Crippen molar-refractivity contribution in [2.24, 2.45) is 0 Å². The topological polar surface area (TPSA) is 75.7 Å². The molecule has 1 fully saturated rings. The average molecular weight is 558 g/mol. The van der Waals surface area contributed by atoms with E-state index in [1.807, 2.05) is 0 Å². The molecule has 0 atom stereocenters. The lowest BCUT2D eigenvalue weighted by atomic mass is 10.0. The fraction of sp³-hybridized carbons (Fsp3) is 0.115. The first-order chi connectivity index (χ1) is 16.7. The van der Waals surface area contributed by atoms with E-state index in [0.29, 0.717) is 27.2 Å². The van der Waals surface area contributed by atoms with Crippen molar-refractivity contribution >= 4 is 57.1 Å². The van der Waals surface area contributed by atoms with Gasteiger partial charge in [0.05, 0.1) is 12.8 Å². The molecule has 6 nitrogen and oxygen atoms in total. The van der Waals surface area contributed by atoms with Gasteiger partial charge in [0.2, 0.25) is 0 Å². The van der Waals surface area contributed by atoms with Crippen molar-refractivity contribution in [3.63, 3.8) is 0 Å². The maximum Gasteiger partial charge on any atom is 0.335 e. The summed E-state index contributed by atoms with van der Waals surface area (Å²) in [6.07, 6.45) is 1.78. The van der Waals surface area contributed by atoms with E-state index in [4.69, 9.17) is 16.3 Å². The number of hydrogen-bond donors (Lipinski definition) is 1. The number of urea groups is 1. The van der Waals surface area contributed by atoms with Crippen molar-refractivity contribution in [3.05, 3.63) is 97.7 Å². The third-order valence-electron chi connectivity index (χ3n) is 5.49. The predicted octanol–water partition coefficient (Wildman–Crippen LogP) is 5.82. The summed E-state index contributed by atoms with van der Waals surface area (Å²) in [5, 5.41) is 2.58. The fourth-order valence-corrected chi connectivity index (χ4v) is 4.47. The number of nitrogens with one attached hydrogen (secondary N) is 1. The van der Waals surface area contributed by atoms with E-state index in [-0.39, 0.29) is 17.1 Å². The molecule has 0 aliphatic carbocycles. The Labute approximate surface area is 214 Å². The first-order valence-corrected chi connectivity index (χ1v) is 11.6. The number of rotatable bonds is 5. The van der Waals surface area contributed by atoms with Crippen LogP contribution in [0.25, 0.3) is 6.08 Å². The molecule has 4 amide bonds. The van der Waals surface area contributed by atoms with Crippen LogP contribution < -0.4 is 15.0 Å². The van der Waals surface area contributed by atoms with Crippen LogP contribution in [0, 0.1) is 12.7 Å². The maximum atomic E-state index is 13.6. The van der Waals surface area contributed by atoms with Gasteiger partial charge in [-0.25, -0.2) is 14.1 Å². The largest absolute Gasteiger partial charge is 0.496 e. The number of methoxy groups -OCH3 is 1. The van der Waals surface area contributed by atoms with Gasteiger partial charge in [-0.15, -0.1) is 0 Å². The van der Waals surface area contributed by atoms with Gasteiger partial charge in [-0.05, 0) is 66.1 Å². The third kappa shape index (κ3) is 5.13. The van der Waals surface area contributed by atoms with Gasteiger partial charge in [0.15, 0.2) is 0 Å². The van der Waals surface area contributed by atoms with Crippen LogP contribution in [0.2, 0.25) is 5.02 Å². The fourth-order valence-electron chi connectivity index (χ4n) is 3.70. The second kappa shape index (κ2) is 10.0. The first-order valence-electron chi connectivity index (χ1n) is 10.5. The van der Waals surface area contributed by atoms with Gasteiger partial charge in [-0.2, -0.15) is 0 Å². The molecule has 1 heterocycles. The smallest absolute Gasteiger partial charge is 0.335 e. The summed E-state index contributed by atoms with van der Waals surface area (Å²) in [5.74, 6) is -1.45. The van der Waals surface area contributed by atoms with Gasteiger partial charge >= 0.3 is 6.03 Å². The molecule has 0 aromatic heterocycles. The Morgan fingerprint density at radius 1 is 1.11 bits per heavy atom. The van der Waals surface area contributed by atoms with Crippen molar-refractivity contribution in [2.75, 3.05) is 12.0 Å². The Morgan fingerprint density at radius 2 is 1.89 bits per heavy atom. The SMILES string of the molecule is COc1cc(/C=C2\C(=O)NC(=O)N(c3ccc(C)c(Cl)c3)C2=O)cc(Br)c1Cc1cccc(F)c1. The Morgan fingerprint density at radius 3 is 2.57 bits per heavy atom. The Kier molecular flexibility index (Phi) is 7.05. The molecule has 178 valence electrons. The molecule has 3 aromatic rings. The Bertz CT molecular complexity index is 1410. The number of barbiturate groups is 1. The number of benzene rings is 3. The highest BCUT2D eigenvalue weighted by Crippen LogP contribution is 2.33. The van der Waals surface area contributed by atoms with Crippen LogP contribution >= 0.6 is 27.5 Å². The number of imide groups is 2. The average Bonchev–Trinajstić information content (AvgIpc) is 2.80. The molecule has 0 saturated carbocycles. The summed E-state index contributed by atoms with van der Waals surface area (Å²) in [5.41, 5.74) is 2.81. The molecule has 1 saturated heterocycles. The number of hydrogen-bond acceptors (Lipinski definition) is 4. The van der Waals surface area contributed by atoms with Crippen LogP contribution in [-0.2, 0) is 16.0 Å². The quantitative estimate of drug-likeness (QED) is 0.317. The van der Waals surface area contributed by atoms with E-state index in [2.05, 4.69) is 21.2 Å². The summed E-state index contributed by atoms with van der Waals surface area (Å²) < 4.78 is 19.8. The molecule has 1 aliphatic heterocycles. The summed E-state index contributed by atoms with van der Waals surface area (Å²) >= 11 is 9.68. The number of amides is 4. The second-order valence-electron chi connectivity index (χ2n) is 7.88. The van der Waals surface area contributed by atoms with E-state index in [9.17, 15) is 18.8 Å². The van der Waals surface area contributed by atoms with Crippen LogP contribution in [0.5, 0.6) is 5.75 Å². The summed E-state index contributed by atoms with van der Waals surface area (Å²) in [6, 6.07) is 13.5. The van der Waals surface area contributed by atoms with Crippen LogP contribution in [0.15, 0.2) is 64.6 Å². The summed E-state index contributed by atoms with van der Waals surface area (Å²) in [4.78, 5) is 39.0. The molecular weight excluding hydrogens is 539 g/mol. The van der Waals surface area contributed by atoms with E-state index in [1.54, 1.807) is 43.3 Å². The van der Waals surface area contributed by atoms with Gasteiger partial charge in [0.25, 0.3) is 11.8 Å². The van der Waals surface area contributed by atoms with E-state index >= 15 is 0 Å². The monoisotopic (exact) mass is 556 g/mol. The summed E-state index contributed by atoms with van der Waals surface area (Å²) in [7, 11) is 1.49.